The molecule has 1 aromatic heterocycles. The predicted octanol–water partition coefficient (Wildman–Crippen LogP) is 0.610. The zero-order valence-electron chi connectivity index (χ0n) is 13.9. The van der Waals surface area contributed by atoms with Gasteiger partial charge >= 0.3 is 6.09 Å². The first-order valence-corrected chi connectivity index (χ1v) is 7.19. The first-order valence-electron chi connectivity index (χ1n) is 7.19. The van der Waals surface area contributed by atoms with Crippen LogP contribution in [0.4, 0.5) is 4.79 Å². The largest absolute Gasteiger partial charge is 0.444 e. The zero-order chi connectivity index (χ0) is 16.6. The number of nitrogens with zero attached hydrogens (tertiary/aromatic N) is 3. The average molecular weight is 310 g/mol. The quantitative estimate of drug-likeness (QED) is 0.421. The smallest absolute Gasteiger partial charge is 0.407 e. The number of carbonyl (C=O) groups is 1. The average Bonchev–Trinajstić information content (AvgIpc) is 2.81. The van der Waals surface area contributed by atoms with Crippen molar-refractivity contribution >= 4 is 12.1 Å². The van der Waals surface area contributed by atoms with E-state index >= 15 is 0 Å². The molecule has 8 nitrogen and oxygen atoms in total. The third-order valence-corrected chi connectivity index (χ3v) is 2.53. The third-order valence-electron chi connectivity index (χ3n) is 2.53. The summed E-state index contributed by atoms with van der Waals surface area (Å²) >= 11 is 0. The number of aryl methyl sites for hydroxylation is 1. The van der Waals surface area contributed by atoms with E-state index in [1.54, 1.807) is 17.9 Å². The van der Waals surface area contributed by atoms with Crippen LogP contribution in [0.2, 0.25) is 0 Å². The molecule has 124 valence electrons. The maximum absolute atomic E-state index is 11.5. The van der Waals surface area contributed by atoms with E-state index in [0.29, 0.717) is 25.6 Å². The van der Waals surface area contributed by atoms with Gasteiger partial charge in [-0.2, -0.15) is 5.10 Å². The van der Waals surface area contributed by atoms with Gasteiger partial charge in [-0.3, -0.25) is 9.67 Å². The van der Waals surface area contributed by atoms with Crippen LogP contribution in [0.1, 0.15) is 26.3 Å². The van der Waals surface area contributed by atoms with Gasteiger partial charge in [0.15, 0.2) is 5.96 Å². The molecular formula is C14H26N6O2. The maximum Gasteiger partial charge on any atom is 0.407 e. The highest BCUT2D eigenvalue weighted by Gasteiger charge is 2.15. The fourth-order valence-corrected chi connectivity index (χ4v) is 1.63. The van der Waals surface area contributed by atoms with Gasteiger partial charge in [0.2, 0.25) is 0 Å². The van der Waals surface area contributed by atoms with Crippen molar-refractivity contribution in [2.45, 2.75) is 32.9 Å². The van der Waals surface area contributed by atoms with Gasteiger partial charge in [0.25, 0.3) is 0 Å². The van der Waals surface area contributed by atoms with Crippen LogP contribution in [0, 0.1) is 0 Å². The van der Waals surface area contributed by atoms with Gasteiger partial charge < -0.3 is 20.7 Å². The molecule has 0 aliphatic heterocycles. The molecule has 1 aromatic rings. The molecule has 1 rings (SSSR count). The van der Waals surface area contributed by atoms with Crippen LogP contribution < -0.4 is 16.0 Å². The summed E-state index contributed by atoms with van der Waals surface area (Å²) in [6.07, 6.45) is 3.31. The van der Waals surface area contributed by atoms with Crippen LogP contribution in [0.3, 0.4) is 0 Å². The molecule has 0 aliphatic carbocycles. The first-order chi connectivity index (χ1) is 10.3. The highest BCUT2D eigenvalue weighted by atomic mass is 16.6. The van der Waals surface area contributed by atoms with Crippen molar-refractivity contribution in [2.75, 3.05) is 20.1 Å². The zero-order valence-corrected chi connectivity index (χ0v) is 13.9. The van der Waals surface area contributed by atoms with Gasteiger partial charge in [-0.25, -0.2) is 4.79 Å². The molecular weight excluding hydrogens is 284 g/mol. The van der Waals surface area contributed by atoms with Gasteiger partial charge in [-0.1, -0.05) is 0 Å². The molecule has 22 heavy (non-hydrogen) atoms. The fraction of sp³-hybridized carbons (Fsp3) is 0.643. The minimum absolute atomic E-state index is 0.424. The summed E-state index contributed by atoms with van der Waals surface area (Å²) in [6, 6.07) is 0. The van der Waals surface area contributed by atoms with Gasteiger partial charge in [0, 0.05) is 45.5 Å². The number of nitrogens with one attached hydrogen (secondary N) is 3. The van der Waals surface area contributed by atoms with E-state index < -0.39 is 11.7 Å². The minimum Gasteiger partial charge on any atom is -0.444 e. The minimum atomic E-state index is -0.487. The van der Waals surface area contributed by atoms with Crippen molar-refractivity contribution in [1.82, 2.24) is 25.7 Å². The summed E-state index contributed by atoms with van der Waals surface area (Å²) < 4.78 is 6.89. The van der Waals surface area contributed by atoms with Crippen LogP contribution in [-0.2, 0) is 18.3 Å². The lowest BCUT2D eigenvalue weighted by molar-refractivity contribution is 0.0529. The lowest BCUT2D eigenvalue weighted by Crippen LogP contribution is -2.42. The van der Waals surface area contributed by atoms with Crippen LogP contribution >= 0.6 is 0 Å². The Bertz CT molecular complexity index is 504. The van der Waals surface area contributed by atoms with Crippen molar-refractivity contribution in [3.05, 3.63) is 18.0 Å². The number of carbonyl (C=O) groups excluding carboxylic acids is 1. The van der Waals surface area contributed by atoms with Crippen LogP contribution in [0.25, 0.3) is 0 Å². The molecule has 0 aromatic carbocycles. The van der Waals surface area contributed by atoms with Gasteiger partial charge in [-0.05, 0) is 20.8 Å². The summed E-state index contributed by atoms with van der Waals surface area (Å²) in [7, 11) is 3.57. The van der Waals surface area contributed by atoms with E-state index in [1.807, 2.05) is 34.0 Å². The second-order valence-corrected chi connectivity index (χ2v) is 5.80. The van der Waals surface area contributed by atoms with Crippen LogP contribution in [0.5, 0.6) is 0 Å². The number of hydrogen-bond acceptors (Lipinski definition) is 4. The number of amides is 1. The monoisotopic (exact) mass is 310 g/mol. The molecule has 1 amide bonds. The maximum atomic E-state index is 11.5. The van der Waals surface area contributed by atoms with Crippen LogP contribution in [-0.4, -0.2) is 47.6 Å². The van der Waals surface area contributed by atoms with Gasteiger partial charge in [0.05, 0.1) is 6.20 Å². The summed E-state index contributed by atoms with van der Waals surface area (Å²) in [5.74, 6) is 0.662. The molecule has 8 heteroatoms. The number of aliphatic imine (C=N–C) groups is 1. The lowest BCUT2D eigenvalue weighted by atomic mass is 10.2. The SMILES string of the molecule is CN=C(NCCNC(=O)OC(C)(C)C)NCc1cnn(C)c1. The van der Waals surface area contributed by atoms with Gasteiger partial charge in [-0.15, -0.1) is 0 Å². The Morgan fingerprint density at radius 1 is 1.32 bits per heavy atom. The molecule has 0 saturated carbocycles. The van der Waals surface area contributed by atoms with E-state index in [-0.39, 0.29) is 0 Å². The van der Waals surface area contributed by atoms with E-state index in [4.69, 9.17) is 4.74 Å². The lowest BCUT2D eigenvalue weighted by Gasteiger charge is -2.19. The first kappa shape index (κ1) is 17.8. The summed E-state index contributed by atoms with van der Waals surface area (Å²) in [5, 5.41) is 13.0. The van der Waals surface area contributed by atoms with E-state index in [0.717, 1.165) is 5.56 Å². The predicted molar refractivity (Wildman–Crippen MR) is 85.6 cm³/mol. The molecule has 0 radical (unpaired) electrons. The fourth-order valence-electron chi connectivity index (χ4n) is 1.63. The Morgan fingerprint density at radius 3 is 2.55 bits per heavy atom. The molecule has 0 atom stereocenters. The molecule has 0 unspecified atom stereocenters. The molecule has 3 N–H and O–H groups in total. The Balaban J connectivity index is 2.20. The third kappa shape index (κ3) is 7.51. The Labute approximate surface area is 131 Å². The molecule has 1 heterocycles. The topological polar surface area (TPSA) is 92.6 Å². The van der Waals surface area contributed by atoms with Crippen molar-refractivity contribution in [3.8, 4) is 0 Å². The second kappa shape index (κ2) is 8.26. The molecule has 0 fully saturated rings. The number of aromatic nitrogens is 2. The van der Waals surface area contributed by atoms with Crippen molar-refractivity contribution < 1.29 is 9.53 Å². The molecule has 0 spiro atoms. The highest BCUT2D eigenvalue weighted by Crippen LogP contribution is 2.05. The van der Waals surface area contributed by atoms with Crippen LogP contribution in [0.15, 0.2) is 17.4 Å². The molecule has 0 aliphatic rings. The number of alkyl carbamates (subject to hydrolysis) is 1. The highest BCUT2D eigenvalue weighted by molar-refractivity contribution is 5.79. The number of rotatable bonds is 5. The standard InChI is InChI=1S/C14H26N6O2/c1-14(2,3)22-13(21)17-7-6-16-12(15-4)18-8-11-9-19-20(5)10-11/h9-10H,6-8H2,1-5H3,(H,17,21)(H2,15,16,18). The summed E-state index contributed by atoms with van der Waals surface area (Å²) in [4.78, 5) is 15.6. The Kier molecular flexibility index (Phi) is 6.68. The summed E-state index contributed by atoms with van der Waals surface area (Å²) in [5.41, 5.74) is 0.580. The van der Waals surface area contributed by atoms with Crippen molar-refractivity contribution in [2.24, 2.45) is 12.0 Å². The molecule has 0 bridgehead atoms. The molecule has 0 saturated heterocycles. The van der Waals surface area contributed by atoms with E-state index in [9.17, 15) is 4.79 Å². The Morgan fingerprint density at radius 2 is 2.00 bits per heavy atom. The van der Waals surface area contributed by atoms with Gasteiger partial charge in [0.1, 0.15) is 5.60 Å². The van der Waals surface area contributed by atoms with Crippen molar-refractivity contribution in [1.29, 1.82) is 0 Å². The second-order valence-electron chi connectivity index (χ2n) is 5.80. The van der Waals surface area contributed by atoms with E-state index in [2.05, 4.69) is 26.0 Å². The van der Waals surface area contributed by atoms with E-state index in [1.165, 1.54) is 0 Å². The van der Waals surface area contributed by atoms with Crippen molar-refractivity contribution in [3.63, 3.8) is 0 Å². The normalized spacial score (nSPS) is 12.0. The number of hydrogen-bond donors (Lipinski definition) is 3. The number of ether oxygens (including phenoxy) is 1. The number of guanidine groups is 1. The Hall–Kier alpha value is -2.25. The summed E-state index contributed by atoms with van der Waals surface area (Å²) in [6.45, 7) is 7.11.